The van der Waals surface area contributed by atoms with E-state index in [1.165, 1.54) is 0 Å². The molecule has 0 unspecified atom stereocenters. The summed E-state index contributed by atoms with van der Waals surface area (Å²) < 4.78 is 2.25. The molecule has 4 heteroatoms. The summed E-state index contributed by atoms with van der Waals surface area (Å²) in [4.78, 5) is 4.84. The standard InChI is InChI=1S/C16H24ClN3/c1-10(2)20-13-9-11(17)7-8-12(13)19-14(20)15(3,4)16(5,6)18/h7-10H,18H2,1-6H3. The van der Waals surface area contributed by atoms with E-state index in [0.29, 0.717) is 6.04 Å². The number of rotatable bonds is 3. The Kier molecular flexibility index (Phi) is 3.64. The predicted octanol–water partition coefficient (Wildman–Crippen LogP) is 4.29. The fourth-order valence-corrected chi connectivity index (χ4v) is 2.48. The molecular weight excluding hydrogens is 270 g/mol. The zero-order valence-electron chi connectivity index (χ0n) is 13.2. The summed E-state index contributed by atoms with van der Waals surface area (Å²) in [5.74, 6) is 1.01. The molecule has 20 heavy (non-hydrogen) atoms. The molecule has 0 spiro atoms. The highest BCUT2D eigenvalue weighted by Crippen LogP contribution is 2.36. The highest BCUT2D eigenvalue weighted by Gasteiger charge is 2.39. The number of hydrogen-bond acceptors (Lipinski definition) is 2. The summed E-state index contributed by atoms with van der Waals surface area (Å²) in [5.41, 5.74) is 7.81. The number of nitrogens with zero attached hydrogens (tertiary/aromatic N) is 2. The lowest BCUT2D eigenvalue weighted by Gasteiger charge is -2.38. The van der Waals surface area contributed by atoms with Crippen molar-refractivity contribution >= 4 is 22.6 Å². The van der Waals surface area contributed by atoms with Crippen molar-refractivity contribution in [2.75, 3.05) is 0 Å². The molecule has 0 aliphatic heterocycles. The normalized spacial score (nSPS) is 13.4. The van der Waals surface area contributed by atoms with E-state index in [-0.39, 0.29) is 11.0 Å². The fraction of sp³-hybridized carbons (Fsp3) is 0.562. The highest BCUT2D eigenvalue weighted by molar-refractivity contribution is 6.31. The molecule has 1 aromatic carbocycles. The maximum absolute atomic E-state index is 6.39. The summed E-state index contributed by atoms with van der Waals surface area (Å²) in [5, 5.41) is 0.732. The molecule has 2 N–H and O–H groups in total. The van der Waals surface area contributed by atoms with E-state index in [1.54, 1.807) is 0 Å². The van der Waals surface area contributed by atoms with Crippen molar-refractivity contribution in [1.82, 2.24) is 9.55 Å². The molecular formula is C16H24ClN3. The molecule has 0 amide bonds. The summed E-state index contributed by atoms with van der Waals surface area (Å²) in [7, 11) is 0. The second-order valence-corrected chi connectivity index (χ2v) is 7.32. The van der Waals surface area contributed by atoms with Gasteiger partial charge in [-0.3, -0.25) is 0 Å². The topological polar surface area (TPSA) is 43.8 Å². The minimum atomic E-state index is -0.370. The Morgan fingerprint density at radius 3 is 2.30 bits per heavy atom. The van der Waals surface area contributed by atoms with Gasteiger partial charge in [-0.05, 0) is 45.9 Å². The lowest BCUT2D eigenvalue weighted by atomic mass is 9.74. The smallest absolute Gasteiger partial charge is 0.117 e. The second-order valence-electron chi connectivity index (χ2n) is 6.88. The Hall–Kier alpha value is -1.06. The molecule has 0 bridgehead atoms. The van der Waals surface area contributed by atoms with Crippen molar-refractivity contribution in [1.29, 1.82) is 0 Å². The fourth-order valence-electron chi connectivity index (χ4n) is 2.32. The number of aromatic nitrogens is 2. The molecule has 0 aliphatic carbocycles. The molecule has 0 atom stereocenters. The lowest BCUT2D eigenvalue weighted by molar-refractivity contribution is 0.279. The molecule has 0 saturated carbocycles. The minimum absolute atomic E-state index is 0.247. The van der Waals surface area contributed by atoms with Crippen LogP contribution in [0.1, 0.15) is 53.4 Å². The Morgan fingerprint density at radius 2 is 1.80 bits per heavy atom. The molecule has 0 saturated heterocycles. The maximum Gasteiger partial charge on any atom is 0.117 e. The molecule has 0 fully saturated rings. The number of halogens is 1. The van der Waals surface area contributed by atoms with E-state index in [2.05, 4.69) is 32.3 Å². The quantitative estimate of drug-likeness (QED) is 0.917. The van der Waals surface area contributed by atoms with Gasteiger partial charge in [-0.15, -0.1) is 0 Å². The van der Waals surface area contributed by atoms with Crippen molar-refractivity contribution < 1.29 is 0 Å². The molecule has 0 aliphatic rings. The first kappa shape index (κ1) is 15.3. The third-order valence-electron chi connectivity index (χ3n) is 4.34. The summed E-state index contributed by atoms with van der Waals surface area (Å²) in [6.45, 7) is 12.7. The van der Waals surface area contributed by atoms with Crippen molar-refractivity contribution in [3.8, 4) is 0 Å². The van der Waals surface area contributed by atoms with Gasteiger partial charge in [0.2, 0.25) is 0 Å². The Balaban J connectivity index is 2.80. The summed E-state index contributed by atoms with van der Waals surface area (Å²) in [6.07, 6.45) is 0. The van der Waals surface area contributed by atoms with E-state index >= 15 is 0 Å². The van der Waals surface area contributed by atoms with Crippen LogP contribution in [0.3, 0.4) is 0 Å². The molecule has 2 aromatic rings. The van der Waals surface area contributed by atoms with Crippen LogP contribution in [0.15, 0.2) is 18.2 Å². The number of hydrogen-bond donors (Lipinski definition) is 1. The molecule has 3 nitrogen and oxygen atoms in total. The Morgan fingerprint density at radius 1 is 1.20 bits per heavy atom. The van der Waals surface area contributed by atoms with Gasteiger partial charge in [0.25, 0.3) is 0 Å². The van der Waals surface area contributed by atoms with Crippen LogP contribution in [0.25, 0.3) is 11.0 Å². The molecule has 2 rings (SSSR count). The number of nitrogens with two attached hydrogens (primary N) is 1. The van der Waals surface area contributed by atoms with Crippen LogP contribution in [-0.2, 0) is 5.41 Å². The first-order chi connectivity index (χ1) is 9.05. The van der Waals surface area contributed by atoms with Gasteiger partial charge in [0.15, 0.2) is 0 Å². The SMILES string of the molecule is CC(C)n1c(C(C)(C)C(C)(C)N)nc2ccc(Cl)cc21. The maximum atomic E-state index is 6.39. The molecule has 0 radical (unpaired) electrons. The van der Waals surface area contributed by atoms with E-state index in [0.717, 1.165) is 21.9 Å². The molecule has 1 aromatic heterocycles. The summed E-state index contributed by atoms with van der Waals surface area (Å²) >= 11 is 6.14. The van der Waals surface area contributed by atoms with Crippen LogP contribution in [-0.4, -0.2) is 15.1 Å². The third-order valence-corrected chi connectivity index (χ3v) is 4.57. The largest absolute Gasteiger partial charge is 0.325 e. The number of imidazole rings is 1. The van der Waals surface area contributed by atoms with E-state index in [1.807, 2.05) is 32.0 Å². The van der Waals surface area contributed by atoms with Gasteiger partial charge in [-0.25, -0.2) is 4.98 Å². The molecule has 1 heterocycles. The van der Waals surface area contributed by atoms with Gasteiger partial charge in [0.1, 0.15) is 5.82 Å². The van der Waals surface area contributed by atoms with Gasteiger partial charge in [0.05, 0.1) is 11.0 Å². The average molecular weight is 294 g/mol. The minimum Gasteiger partial charge on any atom is -0.325 e. The first-order valence-corrected chi connectivity index (χ1v) is 7.40. The predicted molar refractivity (Wildman–Crippen MR) is 86.4 cm³/mol. The van der Waals surface area contributed by atoms with Gasteiger partial charge in [-0.1, -0.05) is 25.4 Å². The van der Waals surface area contributed by atoms with Crippen LogP contribution >= 0.6 is 11.6 Å². The average Bonchev–Trinajstić information content (AvgIpc) is 2.66. The van der Waals surface area contributed by atoms with Crippen molar-refractivity contribution in [2.45, 2.75) is 58.5 Å². The van der Waals surface area contributed by atoms with Crippen molar-refractivity contribution in [2.24, 2.45) is 5.73 Å². The highest BCUT2D eigenvalue weighted by atomic mass is 35.5. The van der Waals surface area contributed by atoms with Crippen LogP contribution < -0.4 is 5.73 Å². The van der Waals surface area contributed by atoms with Crippen LogP contribution in [0.4, 0.5) is 0 Å². The van der Waals surface area contributed by atoms with E-state index < -0.39 is 0 Å². The zero-order valence-corrected chi connectivity index (χ0v) is 13.9. The number of fused-ring (bicyclic) bond motifs is 1. The first-order valence-electron chi connectivity index (χ1n) is 7.02. The van der Waals surface area contributed by atoms with Gasteiger partial charge >= 0.3 is 0 Å². The van der Waals surface area contributed by atoms with Gasteiger partial charge in [-0.2, -0.15) is 0 Å². The summed E-state index contributed by atoms with van der Waals surface area (Å²) in [6, 6.07) is 6.13. The van der Waals surface area contributed by atoms with E-state index in [4.69, 9.17) is 22.3 Å². The van der Waals surface area contributed by atoms with Crippen LogP contribution in [0.2, 0.25) is 5.02 Å². The van der Waals surface area contributed by atoms with Crippen LogP contribution in [0.5, 0.6) is 0 Å². The monoisotopic (exact) mass is 293 g/mol. The third kappa shape index (κ3) is 2.33. The molecule has 110 valence electrons. The van der Waals surface area contributed by atoms with Crippen LogP contribution in [0, 0.1) is 0 Å². The van der Waals surface area contributed by atoms with Crippen molar-refractivity contribution in [3.63, 3.8) is 0 Å². The number of benzene rings is 1. The van der Waals surface area contributed by atoms with Gasteiger partial charge < -0.3 is 10.3 Å². The zero-order chi connectivity index (χ0) is 15.3. The van der Waals surface area contributed by atoms with Crippen molar-refractivity contribution in [3.05, 3.63) is 29.0 Å². The lowest BCUT2D eigenvalue weighted by Crippen LogP contribution is -2.51. The Labute approximate surface area is 126 Å². The van der Waals surface area contributed by atoms with E-state index in [9.17, 15) is 0 Å². The Bertz CT molecular complexity index is 633. The second kappa shape index (κ2) is 4.74. The van der Waals surface area contributed by atoms with Gasteiger partial charge in [0, 0.05) is 22.0 Å².